The van der Waals surface area contributed by atoms with E-state index in [1.54, 1.807) is 12.1 Å². The minimum atomic E-state index is -0.455. The number of nitro groups is 1. The Hall–Kier alpha value is -1.56. The van der Waals surface area contributed by atoms with Gasteiger partial charge in [-0.3, -0.25) is 14.1 Å². The third-order valence-electron chi connectivity index (χ3n) is 1.73. The predicted octanol–water partition coefficient (Wildman–Crippen LogP) is 1.64. The van der Waals surface area contributed by atoms with Crippen molar-refractivity contribution in [1.29, 1.82) is 0 Å². The van der Waals surface area contributed by atoms with Crippen molar-refractivity contribution in [2.45, 2.75) is 0 Å². The zero-order valence-electron chi connectivity index (χ0n) is 6.41. The van der Waals surface area contributed by atoms with E-state index in [0.717, 1.165) is 0 Å². The summed E-state index contributed by atoms with van der Waals surface area (Å²) in [7, 11) is 0. The first-order chi connectivity index (χ1) is 6.20. The highest BCUT2D eigenvalue weighted by Gasteiger charge is 2.13. The summed E-state index contributed by atoms with van der Waals surface area (Å²) in [6.07, 6.45) is 1.43. The average molecular weight is 195 g/mol. The molecule has 13 heavy (non-hydrogen) atoms. The van der Waals surface area contributed by atoms with Crippen LogP contribution >= 0.6 is 12.8 Å². The van der Waals surface area contributed by atoms with Crippen LogP contribution in [0.15, 0.2) is 24.5 Å². The molecule has 5 nitrogen and oxygen atoms in total. The van der Waals surface area contributed by atoms with Crippen molar-refractivity contribution in [2.75, 3.05) is 0 Å². The molecule has 0 aliphatic heterocycles. The molecule has 6 heteroatoms. The SMILES string of the molecule is O=[N+]([O-])c1cccc2c1ncn2S. The van der Waals surface area contributed by atoms with E-state index in [9.17, 15) is 10.1 Å². The summed E-state index contributed by atoms with van der Waals surface area (Å²) in [6, 6.07) is 4.75. The summed E-state index contributed by atoms with van der Waals surface area (Å²) < 4.78 is 1.45. The number of hydrogen-bond donors (Lipinski definition) is 1. The fraction of sp³-hybridized carbons (Fsp3) is 0. The van der Waals surface area contributed by atoms with Gasteiger partial charge in [0.2, 0.25) is 0 Å². The van der Waals surface area contributed by atoms with Crippen molar-refractivity contribution in [1.82, 2.24) is 8.96 Å². The molecule has 0 N–H and O–H groups in total. The molecule has 2 aromatic rings. The van der Waals surface area contributed by atoms with Crippen LogP contribution in [0.25, 0.3) is 11.0 Å². The van der Waals surface area contributed by atoms with Gasteiger partial charge in [0.1, 0.15) is 6.33 Å². The first-order valence-electron chi connectivity index (χ1n) is 3.50. The van der Waals surface area contributed by atoms with Gasteiger partial charge >= 0.3 is 0 Å². The number of aromatic nitrogens is 2. The zero-order chi connectivity index (χ0) is 9.42. The van der Waals surface area contributed by atoms with Crippen molar-refractivity contribution in [3.05, 3.63) is 34.6 Å². The Bertz CT molecular complexity index is 480. The summed E-state index contributed by atoms with van der Waals surface area (Å²) >= 11 is 4.05. The van der Waals surface area contributed by atoms with Crippen molar-refractivity contribution < 1.29 is 4.92 Å². The maximum Gasteiger partial charge on any atom is 0.297 e. The predicted molar refractivity (Wildman–Crippen MR) is 50.8 cm³/mol. The number of thiol groups is 1. The summed E-state index contributed by atoms with van der Waals surface area (Å²) in [5, 5.41) is 10.6. The van der Waals surface area contributed by atoms with Crippen LogP contribution in [0.3, 0.4) is 0 Å². The molecule has 0 radical (unpaired) electrons. The molecule has 0 aliphatic carbocycles. The van der Waals surface area contributed by atoms with Gasteiger partial charge in [0.05, 0.1) is 10.4 Å². The van der Waals surface area contributed by atoms with Crippen LogP contribution in [0.4, 0.5) is 5.69 Å². The van der Waals surface area contributed by atoms with Crippen LogP contribution in [0.2, 0.25) is 0 Å². The molecule has 0 amide bonds. The van der Waals surface area contributed by atoms with Crippen molar-refractivity contribution in [2.24, 2.45) is 0 Å². The van der Waals surface area contributed by atoms with Crippen molar-refractivity contribution >= 4 is 29.5 Å². The topological polar surface area (TPSA) is 61.0 Å². The molecule has 1 aromatic carbocycles. The van der Waals surface area contributed by atoms with Crippen LogP contribution in [0.1, 0.15) is 0 Å². The zero-order valence-corrected chi connectivity index (χ0v) is 7.31. The lowest BCUT2D eigenvalue weighted by molar-refractivity contribution is -0.383. The number of rotatable bonds is 1. The van der Waals surface area contributed by atoms with Crippen molar-refractivity contribution in [3.8, 4) is 0 Å². The van der Waals surface area contributed by atoms with E-state index in [1.807, 2.05) is 0 Å². The van der Waals surface area contributed by atoms with Gasteiger partial charge in [-0.05, 0) is 6.07 Å². The largest absolute Gasteiger partial charge is 0.297 e. The molecule has 66 valence electrons. The summed E-state index contributed by atoms with van der Waals surface area (Å²) in [4.78, 5) is 14.0. The Morgan fingerprint density at radius 2 is 2.31 bits per heavy atom. The molecule has 0 bridgehead atoms. The smallest absolute Gasteiger partial charge is 0.275 e. The number of imidazole rings is 1. The van der Waals surface area contributed by atoms with Crippen LogP contribution in [-0.2, 0) is 0 Å². The minimum absolute atomic E-state index is 0.00491. The monoisotopic (exact) mass is 195 g/mol. The number of non-ortho nitro benzene ring substituents is 1. The number of benzene rings is 1. The number of nitrogens with zero attached hydrogens (tertiary/aromatic N) is 3. The van der Waals surface area contributed by atoms with Crippen LogP contribution < -0.4 is 0 Å². The summed E-state index contributed by atoms with van der Waals surface area (Å²) in [5.74, 6) is 0. The molecule has 0 atom stereocenters. The van der Waals surface area contributed by atoms with E-state index in [1.165, 1.54) is 16.4 Å². The molecular formula is C7H5N3O2S. The third-order valence-corrected chi connectivity index (χ3v) is 2.05. The summed E-state index contributed by atoms with van der Waals surface area (Å²) in [6.45, 7) is 0. The molecule has 0 aliphatic rings. The average Bonchev–Trinajstić information content (AvgIpc) is 2.48. The maximum absolute atomic E-state index is 10.6. The Morgan fingerprint density at radius 1 is 1.54 bits per heavy atom. The third kappa shape index (κ3) is 1.15. The standard InChI is InChI=1S/C7H5N3O2S/c11-10(12)6-3-1-2-5-7(6)8-4-9(5)13/h1-4,13H. The van der Waals surface area contributed by atoms with Gasteiger partial charge in [-0.25, -0.2) is 4.98 Å². The lowest BCUT2D eigenvalue weighted by Gasteiger charge is -1.93. The number of fused-ring (bicyclic) bond motifs is 1. The Labute approximate surface area is 78.7 Å². The molecular weight excluding hydrogens is 190 g/mol. The van der Waals surface area contributed by atoms with Crippen LogP contribution in [0.5, 0.6) is 0 Å². The molecule has 0 unspecified atom stereocenters. The molecule has 1 aromatic heterocycles. The second-order valence-electron chi connectivity index (χ2n) is 2.49. The Balaban J connectivity index is 2.84. The van der Waals surface area contributed by atoms with Gasteiger partial charge in [0.25, 0.3) is 5.69 Å². The molecule has 0 fully saturated rings. The van der Waals surface area contributed by atoms with E-state index in [2.05, 4.69) is 17.8 Å². The van der Waals surface area contributed by atoms with E-state index >= 15 is 0 Å². The normalized spacial score (nSPS) is 10.5. The molecule has 2 rings (SSSR count). The van der Waals surface area contributed by atoms with E-state index in [4.69, 9.17) is 0 Å². The summed E-state index contributed by atoms with van der Waals surface area (Å²) in [5.41, 5.74) is 1.00. The first-order valence-corrected chi connectivity index (χ1v) is 3.90. The van der Waals surface area contributed by atoms with Crippen LogP contribution in [0, 0.1) is 10.1 Å². The van der Waals surface area contributed by atoms with Gasteiger partial charge in [0.15, 0.2) is 5.52 Å². The molecule has 0 saturated carbocycles. The lowest BCUT2D eigenvalue weighted by Crippen LogP contribution is -1.88. The lowest BCUT2D eigenvalue weighted by atomic mass is 10.3. The molecule has 1 heterocycles. The fourth-order valence-corrected chi connectivity index (χ4v) is 1.37. The maximum atomic E-state index is 10.6. The highest BCUT2D eigenvalue weighted by molar-refractivity contribution is 7.78. The highest BCUT2D eigenvalue weighted by atomic mass is 32.1. The second kappa shape index (κ2) is 2.74. The van der Waals surface area contributed by atoms with Gasteiger partial charge in [-0.2, -0.15) is 0 Å². The highest BCUT2D eigenvalue weighted by Crippen LogP contribution is 2.23. The van der Waals surface area contributed by atoms with Gasteiger partial charge in [-0.1, -0.05) is 18.9 Å². The number of para-hydroxylation sites is 1. The van der Waals surface area contributed by atoms with E-state index in [0.29, 0.717) is 11.0 Å². The van der Waals surface area contributed by atoms with Gasteiger partial charge in [-0.15, -0.1) is 0 Å². The fourth-order valence-electron chi connectivity index (χ4n) is 1.16. The molecule has 0 spiro atoms. The molecule has 0 saturated heterocycles. The number of hydrogen-bond acceptors (Lipinski definition) is 4. The quantitative estimate of drug-likeness (QED) is 0.427. The first kappa shape index (κ1) is 8.06. The second-order valence-corrected chi connectivity index (χ2v) is 2.92. The van der Waals surface area contributed by atoms with Crippen molar-refractivity contribution in [3.63, 3.8) is 0 Å². The van der Waals surface area contributed by atoms with Crippen LogP contribution in [-0.4, -0.2) is 13.9 Å². The Kier molecular flexibility index (Phi) is 1.70. The van der Waals surface area contributed by atoms with Gasteiger partial charge in [0, 0.05) is 6.07 Å². The Morgan fingerprint density at radius 3 is 3.00 bits per heavy atom. The minimum Gasteiger partial charge on any atom is -0.275 e. The van der Waals surface area contributed by atoms with E-state index in [-0.39, 0.29) is 5.69 Å². The van der Waals surface area contributed by atoms with Gasteiger partial charge < -0.3 is 0 Å². The van der Waals surface area contributed by atoms with E-state index < -0.39 is 4.92 Å². The number of nitro benzene ring substituents is 1.